The van der Waals surface area contributed by atoms with E-state index in [-0.39, 0.29) is 11.5 Å². The number of aromatic carboxylic acids is 1. The highest BCUT2D eigenvalue weighted by Gasteiger charge is 2.09. The number of carbonyl (C=O) groups is 2. The third-order valence-electron chi connectivity index (χ3n) is 2.06. The fourth-order valence-electron chi connectivity index (χ4n) is 1.23. The monoisotopic (exact) mass is 249 g/mol. The van der Waals surface area contributed by atoms with Crippen molar-refractivity contribution in [3.8, 4) is 11.8 Å². The van der Waals surface area contributed by atoms with Crippen LogP contribution in [-0.2, 0) is 4.79 Å². The van der Waals surface area contributed by atoms with E-state index in [4.69, 9.17) is 5.11 Å². The van der Waals surface area contributed by atoms with Gasteiger partial charge in [-0.3, -0.25) is 4.79 Å². The second-order valence-electron chi connectivity index (χ2n) is 3.53. The predicted octanol–water partition coefficient (Wildman–Crippen LogP) is 1.40. The average molecular weight is 249 g/mol. The first kappa shape index (κ1) is 13.7. The second-order valence-corrected chi connectivity index (χ2v) is 3.53. The summed E-state index contributed by atoms with van der Waals surface area (Å²) in [5.74, 6) is 3.20. The number of amides is 1. The fraction of sp³-hybridized carbons (Fsp3) is 0.231. The number of nitrogens with one attached hydrogen (secondary N) is 1. The van der Waals surface area contributed by atoms with Crippen molar-refractivity contribution in [3.05, 3.63) is 35.1 Å². The Balaban J connectivity index is 2.64. The second kappa shape index (κ2) is 6.40. The molecule has 0 heterocycles. The van der Waals surface area contributed by atoms with Gasteiger partial charge in [0.25, 0.3) is 0 Å². The number of carbonyl (C=O) groups excluding carboxylic acids is 1. The zero-order chi connectivity index (χ0) is 13.5. The lowest BCUT2D eigenvalue weighted by atomic mass is 10.1. The molecular weight excluding hydrogens is 237 g/mol. The van der Waals surface area contributed by atoms with Crippen molar-refractivity contribution < 1.29 is 19.1 Å². The summed E-state index contributed by atoms with van der Waals surface area (Å²) in [7, 11) is 0. The van der Waals surface area contributed by atoms with Gasteiger partial charge in [0.15, 0.2) is 0 Å². The first-order chi connectivity index (χ1) is 8.50. The van der Waals surface area contributed by atoms with E-state index >= 15 is 0 Å². The Morgan fingerprint density at radius 1 is 1.44 bits per heavy atom. The minimum atomic E-state index is -1.31. The van der Waals surface area contributed by atoms with Crippen molar-refractivity contribution in [3.63, 3.8) is 0 Å². The Morgan fingerprint density at radius 2 is 2.17 bits per heavy atom. The molecule has 94 valence electrons. The molecule has 4 nitrogen and oxygen atoms in total. The molecule has 5 heteroatoms. The summed E-state index contributed by atoms with van der Waals surface area (Å²) in [5, 5.41) is 11.2. The van der Waals surface area contributed by atoms with Crippen LogP contribution in [0.15, 0.2) is 18.2 Å². The van der Waals surface area contributed by atoms with E-state index in [2.05, 4.69) is 17.2 Å². The number of carboxylic acid groups (broad SMARTS) is 1. The van der Waals surface area contributed by atoms with Crippen molar-refractivity contribution in [2.75, 3.05) is 6.54 Å². The van der Waals surface area contributed by atoms with Crippen LogP contribution >= 0.6 is 0 Å². The molecule has 0 saturated carbocycles. The van der Waals surface area contributed by atoms with Crippen LogP contribution in [0.3, 0.4) is 0 Å². The zero-order valence-electron chi connectivity index (χ0n) is 9.79. The third kappa shape index (κ3) is 4.26. The van der Waals surface area contributed by atoms with Crippen molar-refractivity contribution in [1.82, 2.24) is 5.32 Å². The van der Waals surface area contributed by atoms with E-state index in [0.29, 0.717) is 18.5 Å². The number of hydrogen-bond donors (Lipinski definition) is 2. The molecule has 0 fully saturated rings. The summed E-state index contributed by atoms with van der Waals surface area (Å²) >= 11 is 0. The molecular formula is C13H12FNO3. The molecule has 0 unspecified atom stereocenters. The summed E-state index contributed by atoms with van der Waals surface area (Å²) < 4.78 is 13.3. The van der Waals surface area contributed by atoms with E-state index in [9.17, 15) is 14.0 Å². The van der Waals surface area contributed by atoms with Gasteiger partial charge < -0.3 is 10.4 Å². The maximum atomic E-state index is 13.3. The van der Waals surface area contributed by atoms with E-state index in [1.54, 1.807) is 0 Å². The standard InChI is InChI=1S/C13H12FNO3/c1-9(16)15-7-3-2-4-10-5-6-11(13(17)18)12(14)8-10/h5-6,8H,3,7H2,1H3,(H,15,16)(H,17,18). The van der Waals surface area contributed by atoms with Crippen LogP contribution in [0.25, 0.3) is 0 Å². The van der Waals surface area contributed by atoms with E-state index in [1.807, 2.05) is 0 Å². The van der Waals surface area contributed by atoms with E-state index in [1.165, 1.54) is 19.1 Å². The van der Waals surface area contributed by atoms with Gasteiger partial charge in [0.2, 0.25) is 5.91 Å². The zero-order valence-corrected chi connectivity index (χ0v) is 9.79. The molecule has 1 aromatic carbocycles. The SMILES string of the molecule is CC(=O)NCCC#Cc1ccc(C(=O)O)c(F)c1. The van der Waals surface area contributed by atoms with E-state index < -0.39 is 11.8 Å². The van der Waals surface area contributed by atoms with Gasteiger partial charge in [-0.05, 0) is 18.2 Å². The maximum absolute atomic E-state index is 13.3. The Kier molecular flexibility index (Phi) is 4.88. The number of rotatable bonds is 3. The van der Waals surface area contributed by atoms with Gasteiger partial charge in [-0.15, -0.1) is 0 Å². The Bertz CT molecular complexity index is 529. The molecule has 0 saturated heterocycles. The minimum absolute atomic E-state index is 0.131. The molecule has 1 amide bonds. The molecule has 0 spiro atoms. The predicted molar refractivity (Wildman–Crippen MR) is 63.5 cm³/mol. The summed E-state index contributed by atoms with van der Waals surface area (Å²) in [6, 6.07) is 3.70. The van der Waals surface area contributed by atoms with Crippen LogP contribution < -0.4 is 5.32 Å². The largest absolute Gasteiger partial charge is 0.478 e. The molecule has 1 rings (SSSR count). The quantitative estimate of drug-likeness (QED) is 0.628. The Labute approximate surface area is 104 Å². The van der Waals surface area contributed by atoms with Gasteiger partial charge in [-0.25, -0.2) is 9.18 Å². The smallest absolute Gasteiger partial charge is 0.338 e. The van der Waals surface area contributed by atoms with Gasteiger partial charge in [-0.2, -0.15) is 0 Å². The van der Waals surface area contributed by atoms with Crippen LogP contribution in [0.2, 0.25) is 0 Å². The van der Waals surface area contributed by atoms with Gasteiger partial charge in [0, 0.05) is 25.5 Å². The Hall–Kier alpha value is -2.35. The Morgan fingerprint density at radius 3 is 2.72 bits per heavy atom. The van der Waals surface area contributed by atoms with Crippen LogP contribution in [0.5, 0.6) is 0 Å². The lowest BCUT2D eigenvalue weighted by molar-refractivity contribution is -0.118. The minimum Gasteiger partial charge on any atom is -0.478 e. The van der Waals surface area contributed by atoms with Crippen LogP contribution in [0.1, 0.15) is 29.3 Å². The number of hydrogen-bond acceptors (Lipinski definition) is 2. The molecule has 0 aliphatic rings. The highest BCUT2D eigenvalue weighted by molar-refractivity contribution is 5.88. The molecule has 0 aliphatic heterocycles. The van der Waals surface area contributed by atoms with Gasteiger partial charge in [-0.1, -0.05) is 11.8 Å². The first-order valence-electron chi connectivity index (χ1n) is 5.27. The summed E-state index contributed by atoms with van der Waals surface area (Å²) in [6.45, 7) is 1.84. The molecule has 0 bridgehead atoms. The number of halogens is 1. The molecule has 0 atom stereocenters. The lowest BCUT2D eigenvalue weighted by Gasteiger charge is -1.97. The van der Waals surface area contributed by atoms with Crippen LogP contribution in [0.4, 0.5) is 4.39 Å². The fourth-order valence-corrected chi connectivity index (χ4v) is 1.23. The van der Waals surface area contributed by atoms with Gasteiger partial charge in [0.1, 0.15) is 5.82 Å². The lowest BCUT2D eigenvalue weighted by Crippen LogP contribution is -2.20. The molecule has 0 aliphatic carbocycles. The summed E-state index contributed by atoms with van der Waals surface area (Å²) in [5.41, 5.74) is 0.0270. The average Bonchev–Trinajstić information content (AvgIpc) is 2.27. The van der Waals surface area contributed by atoms with Crippen LogP contribution in [0, 0.1) is 17.7 Å². The van der Waals surface area contributed by atoms with Crippen LogP contribution in [-0.4, -0.2) is 23.5 Å². The summed E-state index contributed by atoms with van der Waals surface area (Å²) in [6.07, 6.45) is 0.446. The summed E-state index contributed by atoms with van der Waals surface area (Å²) in [4.78, 5) is 21.1. The number of carboxylic acids is 1. The van der Waals surface area contributed by atoms with Crippen molar-refractivity contribution in [1.29, 1.82) is 0 Å². The maximum Gasteiger partial charge on any atom is 0.338 e. The van der Waals surface area contributed by atoms with Gasteiger partial charge >= 0.3 is 5.97 Å². The highest BCUT2D eigenvalue weighted by Crippen LogP contribution is 2.09. The third-order valence-corrected chi connectivity index (χ3v) is 2.06. The van der Waals surface area contributed by atoms with Crippen molar-refractivity contribution >= 4 is 11.9 Å². The highest BCUT2D eigenvalue weighted by atomic mass is 19.1. The van der Waals surface area contributed by atoms with Crippen molar-refractivity contribution in [2.24, 2.45) is 0 Å². The number of benzene rings is 1. The normalized spacial score (nSPS) is 9.22. The van der Waals surface area contributed by atoms with E-state index in [0.717, 1.165) is 6.07 Å². The van der Waals surface area contributed by atoms with Crippen molar-refractivity contribution in [2.45, 2.75) is 13.3 Å². The van der Waals surface area contributed by atoms with Gasteiger partial charge in [0.05, 0.1) is 5.56 Å². The molecule has 0 radical (unpaired) electrons. The molecule has 0 aromatic heterocycles. The molecule has 1 aromatic rings. The first-order valence-corrected chi connectivity index (χ1v) is 5.27. The molecule has 2 N–H and O–H groups in total. The topological polar surface area (TPSA) is 66.4 Å². The molecule has 18 heavy (non-hydrogen) atoms.